The smallest absolute Gasteiger partial charge is 0.312 e. The molecular formula is C14H13N3O6S. The molecule has 2 rings (SSSR count). The van der Waals surface area contributed by atoms with Gasteiger partial charge in [-0.3, -0.25) is 19.6 Å². The van der Waals surface area contributed by atoms with Crippen molar-refractivity contribution in [1.82, 2.24) is 0 Å². The molecule has 24 heavy (non-hydrogen) atoms. The van der Waals surface area contributed by atoms with Crippen molar-refractivity contribution in [1.29, 1.82) is 0 Å². The highest BCUT2D eigenvalue weighted by molar-refractivity contribution is 7.92. The van der Waals surface area contributed by atoms with E-state index in [1.165, 1.54) is 25.1 Å². The summed E-state index contributed by atoms with van der Waals surface area (Å²) in [4.78, 5) is 20.6. The summed E-state index contributed by atoms with van der Waals surface area (Å²) in [5, 5.41) is 22.7. The van der Waals surface area contributed by atoms with Crippen LogP contribution in [0, 0.1) is 10.1 Å². The maximum absolute atomic E-state index is 12.3. The lowest BCUT2D eigenvalue weighted by Crippen LogP contribution is -2.13. The standard InChI is InChI=1S/C14H13N3O6S/c1-9(18)15-10-3-2-4-11(7-10)16-24(22,23)12-5-6-14(19)13(8-12)17(20)21/h2-8,16,19H,1H3,(H,15,18). The molecule has 0 spiro atoms. The number of hydrogen-bond acceptors (Lipinski definition) is 6. The second kappa shape index (κ2) is 6.54. The molecule has 10 heteroatoms. The second-order valence-electron chi connectivity index (χ2n) is 4.78. The number of nitrogens with one attached hydrogen (secondary N) is 2. The summed E-state index contributed by atoms with van der Waals surface area (Å²) < 4.78 is 26.9. The van der Waals surface area contributed by atoms with E-state index in [-0.39, 0.29) is 16.5 Å². The van der Waals surface area contributed by atoms with Crippen LogP contribution in [0.1, 0.15) is 6.92 Å². The third-order valence-electron chi connectivity index (χ3n) is 2.89. The van der Waals surface area contributed by atoms with Crippen molar-refractivity contribution in [2.75, 3.05) is 10.0 Å². The molecule has 2 aromatic carbocycles. The van der Waals surface area contributed by atoms with Gasteiger partial charge in [0, 0.05) is 18.7 Å². The number of hydrogen-bond donors (Lipinski definition) is 3. The Morgan fingerprint density at radius 1 is 1.17 bits per heavy atom. The quantitative estimate of drug-likeness (QED) is 0.556. The molecule has 2 aromatic rings. The van der Waals surface area contributed by atoms with E-state index in [1.807, 2.05) is 0 Å². The molecule has 126 valence electrons. The van der Waals surface area contributed by atoms with Crippen molar-refractivity contribution in [2.45, 2.75) is 11.8 Å². The molecule has 0 radical (unpaired) electrons. The summed E-state index contributed by atoms with van der Waals surface area (Å²) in [5.74, 6) is -0.948. The number of nitrogens with zero attached hydrogens (tertiary/aromatic N) is 1. The van der Waals surface area contributed by atoms with Gasteiger partial charge in [0.1, 0.15) is 0 Å². The normalized spacial score (nSPS) is 10.9. The van der Waals surface area contributed by atoms with E-state index < -0.39 is 26.4 Å². The average Bonchev–Trinajstić information content (AvgIpc) is 2.46. The number of nitro benzene ring substituents is 1. The Kier molecular flexibility index (Phi) is 4.69. The summed E-state index contributed by atoms with van der Waals surface area (Å²) in [6.07, 6.45) is 0. The number of carbonyl (C=O) groups is 1. The minimum absolute atomic E-state index is 0.164. The molecule has 0 saturated carbocycles. The first-order chi connectivity index (χ1) is 11.2. The largest absolute Gasteiger partial charge is 0.502 e. The molecule has 0 unspecified atom stereocenters. The molecule has 0 aliphatic carbocycles. The number of nitro groups is 1. The predicted molar refractivity (Wildman–Crippen MR) is 86.3 cm³/mol. The van der Waals surface area contributed by atoms with Crippen LogP contribution < -0.4 is 10.0 Å². The lowest BCUT2D eigenvalue weighted by molar-refractivity contribution is -0.386. The van der Waals surface area contributed by atoms with Crippen molar-refractivity contribution in [3.05, 3.63) is 52.6 Å². The van der Waals surface area contributed by atoms with Crippen molar-refractivity contribution in [3.63, 3.8) is 0 Å². The molecule has 0 heterocycles. The molecule has 3 N–H and O–H groups in total. The maximum Gasteiger partial charge on any atom is 0.312 e. The highest BCUT2D eigenvalue weighted by Gasteiger charge is 2.21. The lowest BCUT2D eigenvalue weighted by atomic mass is 10.3. The van der Waals surface area contributed by atoms with Crippen molar-refractivity contribution >= 4 is 33.0 Å². The first-order valence-corrected chi connectivity index (χ1v) is 8.05. The van der Waals surface area contributed by atoms with Gasteiger partial charge in [0.05, 0.1) is 15.5 Å². The molecule has 0 aromatic heterocycles. The van der Waals surface area contributed by atoms with Gasteiger partial charge in [-0.2, -0.15) is 0 Å². The highest BCUT2D eigenvalue weighted by Crippen LogP contribution is 2.29. The van der Waals surface area contributed by atoms with Gasteiger partial charge < -0.3 is 10.4 Å². The van der Waals surface area contributed by atoms with E-state index in [0.717, 1.165) is 18.2 Å². The Hall–Kier alpha value is -3.14. The van der Waals surface area contributed by atoms with Gasteiger partial charge in [0.2, 0.25) is 5.91 Å². The van der Waals surface area contributed by atoms with Crippen LogP contribution in [0.25, 0.3) is 0 Å². The van der Waals surface area contributed by atoms with E-state index >= 15 is 0 Å². The van der Waals surface area contributed by atoms with Crippen molar-refractivity contribution < 1.29 is 23.2 Å². The van der Waals surface area contributed by atoms with E-state index in [2.05, 4.69) is 10.0 Å². The van der Waals surface area contributed by atoms with Crippen LogP contribution in [-0.2, 0) is 14.8 Å². The predicted octanol–water partition coefficient (Wildman–Crippen LogP) is 2.06. The number of amides is 1. The Labute approximate surface area is 137 Å². The van der Waals surface area contributed by atoms with Gasteiger partial charge >= 0.3 is 5.69 Å². The summed E-state index contributed by atoms with van der Waals surface area (Å²) in [5.41, 5.74) is -0.166. The first kappa shape index (κ1) is 17.2. The maximum atomic E-state index is 12.3. The molecule has 0 bridgehead atoms. The number of phenols is 1. The van der Waals surface area contributed by atoms with Gasteiger partial charge in [-0.1, -0.05) is 6.07 Å². The Morgan fingerprint density at radius 2 is 1.83 bits per heavy atom. The third-order valence-corrected chi connectivity index (χ3v) is 4.27. The fourth-order valence-corrected chi connectivity index (χ4v) is 2.96. The molecule has 0 aliphatic heterocycles. The number of carbonyl (C=O) groups excluding carboxylic acids is 1. The summed E-state index contributed by atoms with van der Waals surface area (Å²) in [6, 6.07) is 8.69. The zero-order chi connectivity index (χ0) is 17.9. The molecule has 0 saturated heterocycles. The molecule has 1 amide bonds. The highest BCUT2D eigenvalue weighted by atomic mass is 32.2. The van der Waals surface area contributed by atoms with Crippen LogP contribution in [0.5, 0.6) is 5.75 Å². The second-order valence-corrected chi connectivity index (χ2v) is 6.46. The Balaban J connectivity index is 2.34. The lowest BCUT2D eigenvalue weighted by Gasteiger charge is -2.10. The number of anilines is 2. The van der Waals surface area contributed by atoms with Crippen molar-refractivity contribution in [2.24, 2.45) is 0 Å². The van der Waals surface area contributed by atoms with Crippen LogP contribution in [0.4, 0.5) is 17.1 Å². The average molecular weight is 351 g/mol. The monoisotopic (exact) mass is 351 g/mol. The van der Waals surface area contributed by atoms with E-state index in [0.29, 0.717) is 5.69 Å². The SMILES string of the molecule is CC(=O)Nc1cccc(NS(=O)(=O)c2ccc(O)c([N+](=O)[O-])c2)c1. The van der Waals surface area contributed by atoms with E-state index in [4.69, 9.17) is 0 Å². The molecule has 0 aliphatic rings. The van der Waals surface area contributed by atoms with Crippen LogP contribution in [0.3, 0.4) is 0 Å². The van der Waals surface area contributed by atoms with Crippen LogP contribution in [-0.4, -0.2) is 24.4 Å². The van der Waals surface area contributed by atoms with Gasteiger partial charge in [0.15, 0.2) is 5.75 Å². The van der Waals surface area contributed by atoms with Crippen molar-refractivity contribution in [3.8, 4) is 5.75 Å². The first-order valence-electron chi connectivity index (χ1n) is 6.57. The zero-order valence-corrected chi connectivity index (χ0v) is 13.2. The van der Waals surface area contributed by atoms with Gasteiger partial charge in [-0.05, 0) is 30.3 Å². The molecule has 0 atom stereocenters. The summed E-state index contributed by atoms with van der Waals surface area (Å²) in [6.45, 7) is 1.31. The summed E-state index contributed by atoms with van der Waals surface area (Å²) in [7, 11) is -4.11. The number of phenolic OH excluding ortho intramolecular Hbond substituents is 1. The van der Waals surface area contributed by atoms with Crippen LogP contribution in [0.15, 0.2) is 47.4 Å². The number of sulfonamides is 1. The van der Waals surface area contributed by atoms with Gasteiger partial charge in [0.25, 0.3) is 10.0 Å². The Bertz CT molecular complexity index is 910. The van der Waals surface area contributed by atoms with Crippen LogP contribution >= 0.6 is 0 Å². The topological polar surface area (TPSA) is 139 Å². The zero-order valence-electron chi connectivity index (χ0n) is 12.4. The minimum atomic E-state index is -4.11. The number of benzene rings is 2. The van der Waals surface area contributed by atoms with Gasteiger partial charge in [-0.15, -0.1) is 0 Å². The van der Waals surface area contributed by atoms with E-state index in [9.17, 15) is 28.4 Å². The number of aromatic hydroxyl groups is 1. The molecule has 0 fully saturated rings. The number of rotatable bonds is 5. The fraction of sp³-hybridized carbons (Fsp3) is 0.0714. The third kappa shape index (κ3) is 3.98. The minimum Gasteiger partial charge on any atom is -0.502 e. The summed E-state index contributed by atoms with van der Waals surface area (Å²) >= 11 is 0. The van der Waals surface area contributed by atoms with Crippen LogP contribution in [0.2, 0.25) is 0 Å². The van der Waals surface area contributed by atoms with Gasteiger partial charge in [-0.25, -0.2) is 8.42 Å². The molecular weight excluding hydrogens is 338 g/mol. The van der Waals surface area contributed by atoms with E-state index in [1.54, 1.807) is 6.07 Å². The molecule has 9 nitrogen and oxygen atoms in total. The fourth-order valence-electron chi connectivity index (χ4n) is 1.89. The Morgan fingerprint density at radius 3 is 2.46 bits per heavy atom.